The summed E-state index contributed by atoms with van der Waals surface area (Å²) in [6.07, 6.45) is 5.46. The van der Waals surface area contributed by atoms with Crippen LogP contribution in [0.15, 0.2) is 60.7 Å². The number of benzene rings is 2. The second-order valence-electron chi connectivity index (χ2n) is 3.83. The lowest BCUT2D eigenvalue weighted by molar-refractivity contribution is 1.27. The molecule has 0 fully saturated rings. The zero-order chi connectivity index (χ0) is 11.9. The number of allylic oxidation sites excluding steroid dienone is 1. The summed E-state index contributed by atoms with van der Waals surface area (Å²) in [6.45, 7) is 0. The van der Waals surface area contributed by atoms with E-state index >= 15 is 0 Å². The fourth-order valence-corrected chi connectivity index (χ4v) is 2.06. The molecule has 0 atom stereocenters. The largest absolute Gasteiger partial charge is 0.0925 e. The zero-order valence-corrected chi connectivity index (χ0v) is 11.2. The minimum absolute atomic E-state index is 1.01. The van der Waals surface area contributed by atoms with Crippen molar-refractivity contribution in [2.24, 2.45) is 0 Å². The van der Waals surface area contributed by atoms with Crippen LogP contribution in [0, 0.1) is 0 Å². The molecule has 0 spiro atoms. The lowest BCUT2D eigenvalue weighted by Crippen LogP contribution is -1.82. The molecule has 0 aromatic heterocycles. The number of rotatable bonds is 4. The third-order valence-corrected chi connectivity index (χ3v) is 3.08. The van der Waals surface area contributed by atoms with E-state index in [1.54, 1.807) is 0 Å². The smallest absolute Gasteiger partial charge is 0.00660 e. The SMILES string of the molecule is BrCCC=Cc1ccccc1-c1ccccc1. The van der Waals surface area contributed by atoms with E-state index in [0.717, 1.165) is 11.8 Å². The van der Waals surface area contributed by atoms with Crippen molar-refractivity contribution in [2.75, 3.05) is 5.33 Å². The minimum atomic E-state index is 1.01. The van der Waals surface area contributed by atoms with E-state index in [2.05, 4.69) is 76.6 Å². The summed E-state index contributed by atoms with van der Waals surface area (Å²) in [7, 11) is 0. The van der Waals surface area contributed by atoms with Crippen molar-refractivity contribution in [1.82, 2.24) is 0 Å². The molecule has 86 valence electrons. The zero-order valence-electron chi connectivity index (χ0n) is 9.64. The standard InChI is InChI=1S/C16H15Br/c17-13-7-6-11-15-10-4-5-12-16(15)14-8-2-1-3-9-14/h1-6,8-12H,7,13H2. The van der Waals surface area contributed by atoms with Gasteiger partial charge in [0.25, 0.3) is 0 Å². The van der Waals surface area contributed by atoms with Crippen molar-refractivity contribution in [2.45, 2.75) is 6.42 Å². The molecule has 0 aliphatic rings. The molecule has 2 aromatic rings. The summed E-state index contributed by atoms with van der Waals surface area (Å²) >= 11 is 3.44. The summed E-state index contributed by atoms with van der Waals surface area (Å²) in [5.41, 5.74) is 3.84. The summed E-state index contributed by atoms with van der Waals surface area (Å²) < 4.78 is 0. The van der Waals surface area contributed by atoms with Crippen molar-refractivity contribution in [3.8, 4) is 11.1 Å². The van der Waals surface area contributed by atoms with E-state index in [1.807, 2.05) is 6.07 Å². The number of halogens is 1. The third kappa shape index (κ3) is 3.31. The molecule has 0 aliphatic carbocycles. The normalized spacial score (nSPS) is 10.9. The second kappa shape index (κ2) is 6.41. The molecule has 0 aliphatic heterocycles. The van der Waals surface area contributed by atoms with E-state index in [9.17, 15) is 0 Å². The fraction of sp³-hybridized carbons (Fsp3) is 0.125. The molecule has 0 bridgehead atoms. The van der Waals surface area contributed by atoms with Gasteiger partial charge in [0.2, 0.25) is 0 Å². The Balaban J connectivity index is 2.34. The average Bonchev–Trinajstić information content (AvgIpc) is 2.41. The van der Waals surface area contributed by atoms with Crippen LogP contribution in [0.1, 0.15) is 12.0 Å². The highest BCUT2D eigenvalue weighted by molar-refractivity contribution is 9.09. The lowest BCUT2D eigenvalue weighted by atomic mass is 9.99. The molecule has 2 rings (SSSR count). The lowest BCUT2D eigenvalue weighted by Gasteiger charge is -2.05. The Morgan fingerprint density at radius 3 is 2.35 bits per heavy atom. The summed E-state index contributed by atoms with van der Waals surface area (Å²) in [6, 6.07) is 19.0. The Bertz CT molecular complexity index is 486. The molecule has 0 saturated carbocycles. The third-order valence-electron chi connectivity index (χ3n) is 2.62. The van der Waals surface area contributed by atoms with E-state index in [1.165, 1.54) is 16.7 Å². The van der Waals surface area contributed by atoms with Gasteiger partial charge in [0, 0.05) is 5.33 Å². The van der Waals surface area contributed by atoms with Crippen LogP contribution in [0.5, 0.6) is 0 Å². The number of hydrogen-bond donors (Lipinski definition) is 0. The van der Waals surface area contributed by atoms with Gasteiger partial charge < -0.3 is 0 Å². The maximum absolute atomic E-state index is 3.44. The first kappa shape index (κ1) is 12.1. The van der Waals surface area contributed by atoms with Crippen molar-refractivity contribution in [3.05, 3.63) is 66.2 Å². The number of alkyl halides is 1. The first-order valence-corrected chi connectivity index (χ1v) is 6.91. The highest BCUT2D eigenvalue weighted by atomic mass is 79.9. The van der Waals surface area contributed by atoms with Crippen molar-refractivity contribution >= 4 is 22.0 Å². The molecular formula is C16H15Br. The number of hydrogen-bond acceptors (Lipinski definition) is 0. The highest BCUT2D eigenvalue weighted by Gasteiger charge is 2.00. The molecular weight excluding hydrogens is 272 g/mol. The van der Waals surface area contributed by atoms with Crippen molar-refractivity contribution < 1.29 is 0 Å². The Hall–Kier alpha value is -1.34. The summed E-state index contributed by atoms with van der Waals surface area (Å²) in [5, 5.41) is 1.01. The maximum atomic E-state index is 3.44. The van der Waals surface area contributed by atoms with E-state index < -0.39 is 0 Å². The van der Waals surface area contributed by atoms with Gasteiger partial charge in [-0.2, -0.15) is 0 Å². The quantitative estimate of drug-likeness (QED) is 0.682. The fourth-order valence-electron chi connectivity index (χ4n) is 1.80. The molecule has 2 aromatic carbocycles. The van der Waals surface area contributed by atoms with Gasteiger partial charge in [-0.15, -0.1) is 0 Å². The highest BCUT2D eigenvalue weighted by Crippen LogP contribution is 2.24. The van der Waals surface area contributed by atoms with Crippen molar-refractivity contribution in [3.63, 3.8) is 0 Å². The molecule has 0 N–H and O–H groups in total. The monoisotopic (exact) mass is 286 g/mol. The van der Waals surface area contributed by atoms with Crippen LogP contribution in [0.25, 0.3) is 17.2 Å². The predicted molar refractivity (Wildman–Crippen MR) is 79.3 cm³/mol. The van der Waals surface area contributed by atoms with E-state index in [4.69, 9.17) is 0 Å². The van der Waals surface area contributed by atoms with Crippen molar-refractivity contribution in [1.29, 1.82) is 0 Å². The second-order valence-corrected chi connectivity index (χ2v) is 4.63. The Morgan fingerprint density at radius 1 is 0.882 bits per heavy atom. The molecule has 0 amide bonds. The van der Waals surface area contributed by atoms with Crippen LogP contribution >= 0.6 is 15.9 Å². The van der Waals surface area contributed by atoms with Crippen LogP contribution in [0.4, 0.5) is 0 Å². The predicted octanol–water partition coefficient (Wildman–Crippen LogP) is 5.15. The topological polar surface area (TPSA) is 0 Å². The molecule has 17 heavy (non-hydrogen) atoms. The molecule has 0 unspecified atom stereocenters. The first-order valence-electron chi connectivity index (χ1n) is 5.79. The van der Waals surface area contributed by atoms with Crippen LogP contribution in [-0.4, -0.2) is 5.33 Å². The van der Waals surface area contributed by atoms with Gasteiger partial charge in [-0.25, -0.2) is 0 Å². The van der Waals surface area contributed by atoms with Crippen LogP contribution in [0.3, 0.4) is 0 Å². The molecule has 1 heteroatoms. The van der Waals surface area contributed by atoms with Gasteiger partial charge in [0.15, 0.2) is 0 Å². The maximum Gasteiger partial charge on any atom is 0.00660 e. The van der Waals surface area contributed by atoms with Crippen LogP contribution in [0.2, 0.25) is 0 Å². The van der Waals surface area contributed by atoms with E-state index in [-0.39, 0.29) is 0 Å². The van der Waals surface area contributed by atoms with Gasteiger partial charge in [-0.3, -0.25) is 0 Å². The molecule has 0 heterocycles. The molecule has 0 nitrogen and oxygen atoms in total. The minimum Gasteiger partial charge on any atom is -0.0925 e. The average molecular weight is 287 g/mol. The van der Waals surface area contributed by atoms with E-state index in [0.29, 0.717) is 0 Å². The first-order chi connectivity index (χ1) is 8.42. The molecule has 0 radical (unpaired) electrons. The van der Waals surface area contributed by atoms with Gasteiger partial charge in [0.1, 0.15) is 0 Å². The summed E-state index contributed by atoms with van der Waals surface area (Å²) in [4.78, 5) is 0. The Kier molecular flexibility index (Phi) is 4.57. The van der Waals surface area contributed by atoms with Gasteiger partial charge >= 0.3 is 0 Å². The van der Waals surface area contributed by atoms with Gasteiger partial charge in [-0.1, -0.05) is 82.7 Å². The summed E-state index contributed by atoms with van der Waals surface area (Å²) in [5.74, 6) is 0. The Morgan fingerprint density at radius 2 is 1.59 bits per heavy atom. The van der Waals surface area contributed by atoms with Crippen LogP contribution < -0.4 is 0 Å². The van der Waals surface area contributed by atoms with Crippen LogP contribution in [-0.2, 0) is 0 Å². The Labute approximate surface area is 111 Å². The molecule has 0 saturated heterocycles. The van der Waals surface area contributed by atoms with Gasteiger partial charge in [0.05, 0.1) is 0 Å². The van der Waals surface area contributed by atoms with Gasteiger partial charge in [-0.05, 0) is 23.1 Å².